The lowest BCUT2D eigenvalue weighted by atomic mass is 10.1. The number of piperidine rings is 1. The van der Waals surface area contributed by atoms with Gasteiger partial charge < -0.3 is 38.8 Å². The van der Waals surface area contributed by atoms with E-state index in [4.69, 9.17) is 24.2 Å². The summed E-state index contributed by atoms with van der Waals surface area (Å²) >= 11 is 0. The fourth-order valence-electron chi connectivity index (χ4n) is 10.3. The van der Waals surface area contributed by atoms with E-state index >= 15 is 0 Å². The number of ether oxygens (including phenoxy) is 3. The van der Waals surface area contributed by atoms with Gasteiger partial charge in [0.2, 0.25) is 18.3 Å². The van der Waals surface area contributed by atoms with Gasteiger partial charge in [-0.2, -0.15) is 4.98 Å². The molecule has 7 heterocycles. The number of carbonyl (C=O) groups is 4. The van der Waals surface area contributed by atoms with E-state index < -0.39 is 11.9 Å². The molecule has 4 aliphatic heterocycles. The molecule has 3 aromatic heterocycles. The number of methoxy groups -OCH3 is 1. The van der Waals surface area contributed by atoms with Crippen molar-refractivity contribution in [2.24, 2.45) is 0 Å². The average molecular weight is 1000 g/mol. The number of rotatable bonds is 22. The molecule has 20 nitrogen and oxygen atoms in total. The third kappa shape index (κ3) is 12.4. The van der Waals surface area contributed by atoms with Gasteiger partial charge in [-0.1, -0.05) is 0 Å². The second kappa shape index (κ2) is 23.9. The van der Waals surface area contributed by atoms with Crippen molar-refractivity contribution in [3.8, 4) is 5.75 Å². The van der Waals surface area contributed by atoms with E-state index in [1.54, 1.807) is 26.3 Å². The monoisotopic (exact) mass is 1000 g/mol. The molecule has 1 atom stereocenters. The highest BCUT2D eigenvalue weighted by atomic mass is 16.5. The summed E-state index contributed by atoms with van der Waals surface area (Å²) in [7, 11) is 1.77. The highest BCUT2D eigenvalue weighted by Crippen LogP contribution is 2.31. The smallest absolute Gasteiger partial charge is 0.261 e. The minimum absolute atomic E-state index is 0.0411. The number of carbonyl (C=O) groups excluding carboxylic acids is 4. The number of nitrogens with zero attached hydrogens (tertiary/aromatic N) is 11. The van der Waals surface area contributed by atoms with Gasteiger partial charge in [0.25, 0.3) is 11.8 Å². The highest BCUT2D eigenvalue weighted by molar-refractivity contribution is 6.22. The largest absolute Gasteiger partial charge is 0.494 e. The normalized spacial score (nSPS) is 17.4. The minimum atomic E-state index is -0.477. The summed E-state index contributed by atoms with van der Waals surface area (Å²) in [5.41, 5.74) is 4.72. The molecule has 2 aromatic carbocycles. The highest BCUT2D eigenvalue weighted by Gasteiger charge is 2.39. The molecule has 9 rings (SSSR count). The molecule has 0 spiro atoms. The molecule has 4 amide bonds. The number of aromatic nitrogens is 5. The van der Waals surface area contributed by atoms with Crippen molar-refractivity contribution in [2.45, 2.75) is 77.7 Å². The molecule has 1 unspecified atom stereocenters. The Morgan fingerprint density at radius 1 is 0.767 bits per heavy atom. The SMILES string of the molecule is COC1CCN(c2nccc(Nc3cc4c(cn3)nc(COCCN3CCN(c5ccc(OCCCN6CCN(c7ccc8c(c7)C(=O)N(C(C)CCC(=O)NC=O)C8=O)CC6)cc5)CC3)n4C(C)C)n2)CC1. The first kappa shape index (κ1) is 51.2. The topological polar surface area (TPSA) is 196 Å². The number of fused-ring (bicyclic) bond motifs is 2. The van der Waals surface area contributed by atoms with Gasteiger partial charge in [0.15, 0.2) is 0 Å². The van der Waals surface area contributed by atoms with Gasteiger partial charge in [-0.3, -0.25) is 39.2 Å². The molecule has 3 saturated heterocycles. The van der Waals surface area contributed by atoms with Gasteiger partial charge in [-0.25, -0.2) is 15.0 Å². The van der Waals surface area contributed by atoms with Crippen LogP contribution < -0.4 is 30.1 Å². The molecule has 20 heteroatoms. The van der Waals surface area contributed by atoms with Gasteiger partial charge in [0.05, 0.1) is 42.2 Å². The first-order valence-corrected chi connectivity index (χ1v) is 25.8. The number of amides is 4. The molecular weight excluding hydrogens is 931 g/mol. The van der Waals surface area contributed by atoms with Crippen LogP contribution in [0.25, 0.3) is 11.0 Å². The van der Waals surface area contributed by atoms with E-state index in [0.29, 0.717) is 61.0 Å². The lowest BCUT2D eigenvalue weighted by Gasteiger charge is -2.36. The number of anilines is 5. The number of nitrogens with one attached hydrogen (secondary N) is 2. The molecule has 0 radical (unpaired) electrons. The summed E-state index contributed by atoms with van der Waals surface area (Å²) in [6.07, 6.45) is 7.36. The average Bonchev–Trinajstić information content (AvgIpc) is 3.91. The van der Waals surface area contributed by atoms with Crippen LogP contribution in [0.4, 0.5) is 29.0 Å². The van der Waals surface area contributed by atoms with Crippen LogP contribution in [0, 0.1) is 0 Å². The fourth-order valence-corrected chi connectivity index (χ4v) is 10.3. The Morgan fingerprint density at radius 3 is 2.18 bits per heavy atom. The number of imidazole rings is 1. The molecule has 4 aliphatic rings. The maximum Gasteiger partial charge on any atom is 0.261 e. The summed E-state index contributed by atoms with van der Waals surface area (Å²) in [5.74, 6) is 2.71. The minimum Gasteiger partial charge on any atom is -0.494 e. The molecular formula is C53H69N13O7. The van der Waals surface area contributed by atoms with E-state index in [-0.39, 0.29) is 30.7 Å². The molecule has 0 bridgehead atoms. The van der Waals surface area contributed by atoms with E-state index in [1.807, 2.05) is 30.5 Å². The van der Waals surface area contributed by atoms with Crippen molar-refractivity contribution in [1.29, 1.82) is 0 Å². The van der Waals surface area contributed by atoms with Gasteiger partial charge in [0.1, 0.15) is 35.3 Å². The number of hydrogen-bond acceptors (Lipinski definition) is 17. The van der Waals surface area contributed by atoms with Crippen LogP contribution in [-0.2, 0) is 25.7 Å². The van der Waals surface area contributed by atoms with Crippen LogP contribution >= 0.6 is 0 Å². The van der Waals surface area contributed by atoms with Gasteiger partial charge in [0, 0.05) is 128 Å². The van der Waals surface area contributed by atoms with Crippen molar-refractivity contribution in [1.82, 2.24) is 44.5 Å². The Balaban J connectivity index is 0.658. The zero-order chi connectivity index (χ0) is 50.8. The van der Waals surface area contributed by atoms with Crippen LogP contribution in [0.15, 0.2) is 67.0 Å². The number of imide groups is 2. The summed E-state index contributed by atoms with van der Waals surface area (Å²) in [4.78, 5) is 80.7. The predicted octanol–water partition coefficient (Wildman–Crippen LogP) is 5.13. The summed E-state index contributed by atoms with van der Waals surface area (Å²) in [6.45, 7) is 18.4. The standard InChI is InChI=1S/C53H69N13O7/c1-37(2)65-46-33-48(58-47-14-17-54-53(59-47)64-19-15-41(71-4)16-20-64)55-34-45(46)57-49(65)35-72-31-29-61-23-25-62(26-24-61)39-7-10-42(11-8-39)73-30-5-18-60-21-27-63(28-22-60)40-9-12-43-44(32-40)52(70)66(51(43)69)38(3)6-13-50(68)56-36-67/h7-12,14,17,32-34,36-38,41H,5-6,13,15-16,18-31,35H2,1-4H3,(H,56,67,68)(H,54,55,58,59). The predicted molar refractivity (Wildman–Crippen MR) is 279 cm³/mol. The second-order valence-corrected chi connectivity index (χ2v) is 19.5. The van der Waals surface area contributed by atoms with Crippen molar-refractivity contribution < 1.29 is 33.4 Å². The van der Waals surface area contributed by atoms with Crippen molar-refractivity contribution in [3.05, 3.63) is 83.9 Å². The lowest BCUT2D eigenvalue weighted by molar-refractivity contribution is -0.125. The van der Waals surface area contributed by atoms with Crippen molar-refractivity contribution >= 4 is 64.1 Å². The van der Waals surface area contributed by atoms with Gasteiger partial charge in [-0.05, 0) is 95.0 Å². The molecule has 388 valence electrons. The molecule has 5 aromatic rings. The van der Waals surface area contributed by atoms with Crippen LogP contribution in [-0.4, -0.2) is 174 Å². The number of benzene rings is 2. The fraction of sp³-hybridized carbons (Fsp3) is 0.509. The molecule has 73 heavy (non-hydrogen) atoms. The van der Waals surface area contributed by atoms with Crippen LogP contribution in [0.3, 0.4) is 0 Å². The van der Waals surface area contributed by atoms with Crippen LogP contribution in [0.1, 0.15) is 85.5 Å². The van der Waals surface area contributed by atoms with E-state index in [2.05, 4.69) is 87.8 Å². The number of pyridine rings is 1. The van der Waals surface area contributed by atoms with Gasteiger partial charge in [-0.15, -0.1) is 0 Å². The molecule has 2 N–H and O–H groups in total. The lowest BCUT2D eigenvalue weighted by Crippen LogP contribution is -2.47. The van der Waals surface area contributed by atoms with Crippen molar-refractivity contribution in [2.75, 3.05) is 119 Å². The van der Waals surface area contributed by atoms with Gasteiger partial charge >= 0.3 is 0 Å². The zero-order valence-electron chi connectivity index (χ0n) is 42.6. The quantitative estimate of drug-likeness (QED) is 0.0526. The number of hydrogen-bond donors (Lipinski definition) is 2. The first-order valence-electron chi connectivity index (χ1n) is 25.8. The van der Waals surface area contributed by atoms with E-state index in [1.165, 1.54) is 10.6 Å². The summed E-state index contributed by atoms with van der Waals surface area (Å²) in [6, 6.07) is 17.5. The van der Waals surface area contributed by atoms with Crippen LogP contribution in [0.5, 0.6) is 5.75 Å². The molecule has 0 aliphatic carbocycles. The Morgan fingerprint density at radius 2 is 1.47 bits per heavy atom. The third-order valence-electron chi connectivity index (χ3n) is 14.5. The Labute approximate surface area is 427 Å². The summed E-state index contributed by atoms with van der Waals surface area (Å²) in [5, 5.41) is 5.48. The molecule has 3 fully saturated rings. The van der Waals surface area contributed by atoms with E-state index in [9.17, 15) is 19.2 Å². The second-order valence-electron chi connectivity index (χ2n) is 19.5. The Kier molecular flexibility index (Phi) is 16.7. The van der Waals surface area contributed by atoms with Crippen molar-refractivity contribution in [3.63, 3.8) is 0 Å². The third-order valence-corrected chi connectivity index (χ3v) is 14.5. The van der Waals surface area contributed by atoms with E-state index in [0.717, 1.165) is 126 Å². The van der Waals surface area contributed by atoms with Crippen LogP contribution in [0.2, 0.25) is 0 Å². The first-order chi connectivity index (χ1) is 35.5. The summed E-state index contributed by atoms with van der Waals surface area (Å²) < 4.78 is 20.2. The number of piperazine rings is 2. The Hall–Kier alpha value is -6.74. The zero-order valence-corrected chi connectivity index (χ0v) is 42.6. The maximum atomic E-state index is 13.3. The molecule has 0 saturated carbocycles. The maximum absolute atomic E-state index is 13.3. The Bertz CT molecular complexity index is 2690.